The van der Waals surface area contributed by atoms with Gasteiger partial charge in [0.15, 0.2) is 0 Å². The first-order valence-corrected chi connectivity index (χ1v) is 4.41. The van der Waals surface area contributed by atoms with Crippen LogP contribution in [0.3, 0.4) is 0 Å². The van der Waals surface area contributed by atoms with Crippen LogP contribution >= 0.6 is 23.2 Å². The predicted molar refractivity (Wildman–Crippen MR) is 56.0 cm³/mol. The minimum atomic E-state index is -0.363. The number of nitrogens with one attached hydrogen (secondary N) is 1. The van der Waals surface area contributed by atoms with Gasteiger partial charge in [-0.1, -0.05) is 17.7 Å². The van der Waals surface area contributed by atoms with Crippen molar-refractivity contribution in [1.29, 1.82) is 5.41 Å². The molecule has 0 bridgehead atoms. The molecule has 0 aromatic rings. The summed E-state index contributed by atoms with van der Waals surface area (Å²) in [6, 6.07) is 0.00657. The molecule has 0 aromatic carbocycles. The summed E-state index contributed by atoms with van der Waals surface area (Å²) in [5.41, 5.74) is 0. The van der Waals surface area contributed by atoms with Crippen molar-refractivity contribution in [2.75, 3.05) is 0 Å². The van der Waals surface area contributed by atoms with Crippen LogP contribution in [0.2, 0.25) is 0 Å². The minimum absolute atomic E-state index is 0.00657. The van der Waals surface area contributed by atoms with Crippen LogP contribution in [0.1, 0.15) is 13.3 Å². The monoisotopic (exact) mass is 206 g/mol. The molecule has 0 aliphatic rings. The zero-order valence-corrected chi connectivity index (χ0v) is 8.44. The number of aliphatic imine (C=N–C) groups is 1. The highest BCUT2D eigenvalue weighted by Gasteiger charge is 2.04. The van der Waals surface area contributed by atoms with Gasteiger partial charge in [-0.15, -0.1) is 18.2 Å². The fourth-order valence-electron chi connectivity index (χ4n) is 0.546. The molecule has 2 nitrogen and oxygen atoms in total. The Kier molecular flexibility index (Phi) is 6.03. The van der Waals surface area contributed by atoms with Gasteiger partial charge in [0.2, 0.25) is 0 Å². The van der Waals surface area contributed by atoms with Crippen LogP contribution in [-0.4, -0.2) is 22.8 Å². The third-order valence-electron chi connectivity index (χ3n) is 1.23. The molecule has 2 unspecified atom stereocenters. The summed E-state index contributed by atoms with van der Waals surface area (Å²) in [5, 5.41) is 6.91. The minimum Gasteiger partial charge on any atom is -0.312 e. The van der Waals surface area contributed by atoms with Gasteiger partial charge in [-0.3, -0.25) is 4.99 Å². The molecule has 0 radical (unpaired) electrons. The maximum atomic E-state index is 6.84. The topological polar surface area (TPSA) is 36.2 Å². The van der Waals surface area contributed by atoms with E-state index in [2.05, 4.69) is 11.6 Å². The Morgan fingerprint density at radius 2 is 2.33 bits per heavy atom. The molecule has 0 aromatic heterocycles. The van der Waals surface area contributed by atoms with Gasteiger partial charge in [0.1, 0.15) is 5.17 Å². The summed E-state index contributed by atoms with van der Waals surface area (Å²) < 4.78 is 0. The molecule has 0 fully saturated rings. The van der Waals surface area contributed by atoms with E-state index in [0.717, 1.165) is 6.21 Å². The first-order valence-electron chi connectivity index (χ1n) is 3.59. The molecule has 0 aliphatic carbocycles. The van der Waals surface area contributed by atoms with Crippen molar-refractivity contribution >= 4 is 34.6 Å². The second kappa shape index (κ2) is 6.21. The molecule has 12 heavy (non-hydrogen) atoms. The molecule has 0 aliphatic heterocycles. The van der Waals surface area contributed by atoms with E-state index in [0.29, 0.717) is 11.6 Å². The van der Waals surface area contributed by atoms with E-state index in [1.165, 1.54) is 0 Å². The molecule has 0 saturated carbocycles. The summed E-state index contributed by atoms with van der Waals surface area (Å²) in [7, 11) is 0. The van der Waals surface area contributed by atoms with Crippen LogP contribution in [-0.2, 0) is 0 Å². The van der Waals surface area contributed by atoms with Gasteiger partial charge in [0.25, 0.3) is 0 Å². The zero-order valence-electron chi connectivity index (χ0n) is 6.93. The number of rotatable bonds is 5. The van der Waals surface area contributed by atoms with Crippen LogP contribution in [0, 0.1) is 5.41 Å². The smallest absolute Gasteiger partial charge is 0.103 e. The van der Waals surface area contributed by atoms with Gasteiger partial charge in [-0.25, -0.2) is 0 Å². The molecular formula is C8H12Cl2N2. The summed E-state index contributed by atoms with van der Waals surface area (Å²) >= 11 is 11.4. The molecular weight excluding hydrogens is 195 g/mol. The lowest BCUT2D eigenvalue weighted by Crippen LogP contribution is -2.06. The van der Waals surface area contributed by atoms with E-state index in [4.69, 9.17) is 28.6 Å². The summed E-state index contributed by atoms with van der Waals surface area (Å²) in [5.74, 6) is 0. The van der Waals surface area contributed by atoms with E-state index < -0.39 is 0 Å². The molecule has 0 amide bonds. The Morgan fingerprint density at radius 1 is 1.75 bits per heavy atom. The normalized spacial score (nSPS) is 16.8. The van der Waals surface area contributed by atoms with Crippen LogP contribution < -0.4 is 0 Å². The number of hydrogen-bond donors (Lipinski definition) is 1. The van der Waals surface area contributed by atoms with Gasteiger partial charge < -0.3 is 5.41 Å². The van der Waals surface area contributed by atoms with Gasteiger partial charge in [0, 0.05) is 12.6 Å². The van der Waals surface area contributed by atoms with Crippen LogP contribution in [0.5, 0.6) is 0 Å². The molecule has 0 heterocycles. The van der Waals surface area contributed by atoms with E-state index >= 15 is 0 Å². The van der Waals surface area contributed by atoms with Crippen molar-refractivity contribution in [3.63, 3.8) is 0 Å². The van der Waals surface area contributed by atoms with Gasteiger partial charge in [-0.05, 0) is 6.92 Å². The van der Waals surface area contributed by atoms with Crippen molar-refractivity contribution in [3.8, 4) is 0 Å². The second-order valence-electron chi connectivity index (χ2n) is 2.37. The van der Waals surface area contributed by atoms with Crippen molar-refractivity contribution < 1.29 is 0 Å². The van der Waals surface area contributed by atoms with Crippen molar-refractivity contribution in [2.45, 2.75) is 24.8 Å². The highest BCUT2D eigenvalue weighted by molar-refractivity contribution is 6.66. The summed E-state index contributed by atoms with van der Waals surface area (Å²) in [6.45, 7) is 5.45. The maximum Gasteiger partial charge on any atom is 0.103 e. The molecule has 68 valence electrons. The lowest BCUT2D eigenvalue weighted by atomic mass is 10.3. The van der Waals surface area contributed by atoms with Gasteiger partial charge >= 0.3 is 0 Å². The quantitative estimate of drug-likeness (QED) is 0.409. The third-order valence-corrected chi connectivity index (χ3v) is 1.76. The largest absolute Gasteiger partial charge is 0.312 e. The fraction of sp³-hybridized carbons (Fsp3) is 0.500. The highest BCUT2D eigenvalue weighted by atomic mass is 35.5. The lowest BCUT2D eigenvalue weighted by Gasteiger charge is -2.02. The number of halogens is 2. The molecule has 0 spiro atoms. The number of alkyl halides is 1. The highest BCUT2D eigenvalue weighted by Crippen LogP contribution is 2.05. The molecule has 0 saturated heterocycles. The fourth-order valence-corrected chi connectivity index (χ4v) is 1.09. The Labute approximate surface area is 82.8 Å². The molecule has 4 heteroatoms. The van der Waals surface area contributed by atoms with E-state index in [9.17, 15) is 0 Å². The standard InChI is InChI=1S/C8H12Cl2N2/c1-3-6(2)12-8(10)4-7(9)5-11/h3,5-7,11H,1,4H2,2H3/b11-5?,12-8+. The molecule has 1 N–H and O–H groups in total. The number of nitrogens with zero attached hydrogens (tertiary/aromatic N) is 1. The Hall–Kier alpha value is -0.340. The van der Waals surface area contributed by atoms with Crippen LogP contribution in [0.4, 0.5) is 0 Å². The maximum absolute atomic E-state index is 6.84. The van der Waals surface area contributed by atoms with Gasteiger partial charge in [0.05, 0.1) is 11.4 Å². The SMILES string of the molecule is C=CC(C)/N=C(/Cl)CC(Cl)C=N. The Balaban J connectivity index is 4.00. The molecule has 2 atom stereocenters. The van der Waals surface area contributed by atoms with E-state index in [1.54, 1.807) is 6.08 Å². The average Bonchev–Trinajstić information content (AvgIpc) is 2.03. The second-order valence-corrected chi connectivity index (χ2v) is 3.37. The summed E-state index contributed by atoms with van der Waals surface area (Å²) in [4.78, 5) is 4.06. The van der Waals surface area contributed by atoms with Crippen LogP contribution in [0.25, 0.3) is 0 Å². The summed E-state index contributed by atoms with van der Waals surface area (Å²) in [6.07, 6.45) is 3.23. The van der Waals surface area contributed by atoms with E-state index in [-0.39, 0.29) is 11.4 Å². The average molecular weight is 207 g/mol. The van der Waals surface area contributed by atoms with Gasteiger partial charge in [-0.2, -0.15) is 0 Å². The number of hydrogen-bond acceptors (Lipinski definition) is 2. The van der Waals surface area contributed by atoms with Crippen molar-refractivity contribution in [3.05, 3.63) is 12.7 Å². The van der Waals surface area contributed by atoms with E-state index in [1.807, 2.05) is 6.92 Å². The van der Waals surface area contributed by atoms with Crippen molar-refractivity contribution in [1.82, 2.24) is 0 Å². The Bertz CT molecular complexity index is 189. The molecule has 0 rings (SSSR count). The zero-order chi connectivity index (χ0) is 9.56. The van der Waals surface area contributed by atoms with Crippen LogP contribution in [0.15, 0.2) is 17.6 Å². The van der Waals surface area contributed by atoms with Crippen molar-refractivity contribution in [2.24, 2.45) is 4.99 Å². The first-order chi connectivity index (χ1) is 5.60. The Morgan fingerprint density at radius 3 is 2.75 bits per heavy atom. The predicted octanol–water partition coefficient (Wildman–Crippen LogP) is 2.85. The lowest BCUT2D eigenvalue weighted by molar-refractivity contribution is 0.923. The first kappa shape index (κ1) is 11.7. The third kappa shape index (κ3) is 5.33.